The molecule has 2 saturated heterocycles. The van der Waals surface area contributed by atoms with E-state index in [1.165, 1.54) is 0 Å². The fourth-order valence-corrected chi connectivity index (χ4v) is 5.23. The monoisotopic (exact) mass is 423 g/mol. The van der Waals surface area contributed by atoms with E-state index in [2.05, 4.69) is 25.8 Å². The van der Waals surface area contributed by atoms with E-state index in [0.717, 1.165) is 36.5 Å². The summed E-state index contributed by atoms with van der Waals surface area (Å²) in [5.74, 6) is 0.846. The summed E-state index contributed by atoms with van der Waals surface area (Å²) in [6.45, 7) is 5.95. The summed E-state index contributed by atoms with van der Waals surface area (Å²) in [4.78, 5) is 34.7. The second kappa shape index (κ2) is 7.67. The summed E-state index contributed by atoms with van der Waals surface area (Å²) in [6.07, 6.45) is 5.91. The van der Waals surface area contributed by atoms with Crippen LogP contribution >= 0.6 is 0 Å². The minimum Gasteiger partial charge on any atom is -0.368 e. The molecule has 3 aliphatic heterocycles. The molecule has 0 saturated carbocycles. The van der Waals surface area contributed by atoms with Gasteiger partial charge in [-0.05, 0) is 57.4 Å². The third-order valence-electron chi connectivity index (χ3n) is 6.54. The molecule has 5 heterocycles. The molecule has 31 heavy (non-hydrogen) atoms. The Balaban J connectivity index is 1.54. The van der Waals surface area contributed by atoms with Crippen LogP contribution in [0.4, 0.5) is 5.69 Å². The van der Waals surface area contributed by atoms with Gasteiger partial charge in [0.15, 0.2) is 5.82 Å². The number of carbonyl (C=O) groups excluding carboxylic acids is 2. The van der Waals surface area contributed by atoms with Gasteiger partial charge in [0.05, 0.1) is 17.9 Å². The second-order valence-corrected chi connectivity index (χ2v) is 8.96. The molecule has 0 aromatic carbocycles. The van der Waals surface area contributed by atoms with Gasteiger partial charge in [-0.2, -0.15) is 0 Å². The van der Waals surface area contributed by atoms with Crippen molar-refractivity contribution in [3.63, 3.8) is 0 Å². The number of nitrogens with zero attached hydrogens (tertiary/aromatic N) is 4. The van der Waals surface area contributed by atoms with E-state index in [0.29, 0.717) is 19.7 Å². The maximum Gasteiger partial charge on any atom is 0.251 e. The molecule has 0 radical (unpaired) electrons. The average Bonchev–Trinajstić information content (AvgIpc) is 3.51. The van der Waals surface area contributed by atoms with Crippen molar-refractivity contribution >= 4 is 17.5 Å². The molecule has 2 amide bonds. The lowest BCUT2D eigenvalue weighted by atomic mass is 9.88. The molecular formula is C23H29N5O3. The van der Waals surface area contributed by atoms with Gasteiger partial charge in [0.25, 0.3) is 5.91 Å². The van der Waals surface area contributed by atoms with E-state index in [9.17, 15) is 9.59 Å². The summed E-state index contributed by atoms with van der Waals surface area (Å²) < 4.78 is 7.77. The molecule has 0 unspecified atom stereocenters. The van der Waals surface area contributed by atoms with Gasteiger partial charge in [-0.15, -0.1) is 0 Å². The number of hydrogen-bond donors (Lipinski definition) is 1. The summed E-state index contributed by atoms with van der Waals surface area (Å²) >= 11 is 0. The molecule has 8 nitrogen and oxygen atoms in total. The van der Waals surface area contributed by atoms with E-state index in [4.69, 9.17) is 4.74 Å². The van der Waals surface area contributed by atoms with E-state index in [-0.39, 0.29) is 30.5 Å². The summed E-state index contributed by atoms with van der Waals surface area (Å²) in [6, 6.07) is 8.08. The number of ether oxygens (including phenoxy) is 1. The lowest BCUT2D eigenvalue weighted by molar-refractivity contribution is -0.140. The molecule has 8 heteroatoms. The van der Waals surface area contributed by atoms with Crippen molar-refractivity contribution in [3.8, 4) is 5.82 Å². The Kier molecular flexibility index (Phi) is 4.97. The van der Waals surface area contributed by atoms with Crippen molar-refractivity contribution in [1.29, 1.82) is 0 Å². The van der Waals surface area contributed by atoms with Crippen LogP contribution in [0, 0.1) is 0 Å². The van der Waals surface area contributed by atoms with Gasteiger partial charge < -0.3 is 24.4 Å². The van der Waals surface area contributed by atoms with E-state index < -0.39 is 5.54 Å². The summed E-state index contributed by atoms with van der Waals surface area (Å²) in [5, 5.41) is 3.02. The molecule has 0 aliphatic carbocycles. The molecule has 1 N–H and O–H groups in total. The molecule has 0 bridgehead atoms. The Morgan fingerprint density at radius 1 is 1.32 bits per heavy atom. The van der Waals surface area contributed by atoms with Crippen LogP contribution in [0.2, 0.25) is 0 Å². The van der Waals surface area contributed by atoms with Crippen LogP contribution in [0.25, 0.3) is 5.82 Å². The van der Waals surface area contributed by atoms with Crippen molar-refractivity contribution in [2.24, 2.45) is 0 Å². The molecule has 1 spiro atoms. The van der Waals surface area contributed by atoms with Crippen LogP contribution in [0.5, 0.6) is 0 Å². The Bertz CT molecular complexity index is 997. The van der Waals surface area contributed by atoms with Crippen molar-refractivity contribution in [2.75, 3.05) is 31.1 Å². The average molecular weight is 424 g/mol. The Labute approximate surface area is 182 Å². The number of anilines is 1. The lowest BCUT2D eigenvalue weighted by Gasteiger charge is -2.46. The zero-order valence-corrected chi connectivity index (χ0v) is 18.1. The predicted octanol–water partition coefficient (Wildman–Crippen LogP) is 1.82. The first-order chi connectivity index (χ1) is 15.0. The Morgan fingerprint density at radius 3 is 2.97 bits per heavy atom. The minimum atomic E-state index is -0.484. The van der Waals surface area contributed by atoms with Crippen molar-refractivity contribution in [3.05, 3.63) is 42.4 Å². The second-order valence-electron chi connectivity index (χ2n) is 8.96. The zero-order valence-electron chi connectivity index (χ0n) is 18.1. The SMILES string of the molecule is CC(C)NC(=O)CN1c2cccnc2-n2cccc2[C@@]12CCN(C(=O)[C@H]1CCCO1)C2. The van der Waals surface area contributed by atoms with Gasteiger partial charge in [0.1, 0.15) is 11.6 Å². The number of pyridine rings is 1. The molecule has 164 valence electrons. The Hall–Kier alpha value is -2.87. The number of amides is 2. The van der Waals surface area contributed by atoms with Gasteiger partial charge in [-0.3, -0.25) is 9.59 Å². The van der Waals surface area contributed by atoms with Gasteiger partial charge in [-0.1, -0.05) is 0 Å². The summed E-state index contributed by atoms with van der Waals surface area (Å²) in [7, 11) is 0. The largest absolute Gasteiger partial charge is 0.368 e. The summed E-state index contributed by atoms with van der Waals surface area (Å²) in [5.41, 5.74) is 1.50. The smallest absolute Gasteiger partial charge is 0.251 e. The van der Waals surface area contributed by atoms with Crippen LogP contribution in [-0.2, 0) is 19.9 Å². The number of carbonyl (C=O) groups is 2. The third-order valence-corrected chi connectivity index (χ3v) is 6.54. The van der Waals surface area contributed by atoms with E-state index >= 15 is 0 Å². The standard InChI is InChI=1S/C23H29N5O3/c1-16(2)25-20(29)14-28-17-6-3-10-24-21(17)27-11-4-8-19(27)23(28)9-12-26(15-23)22(30)18-7-5-13-31-18/h3-4,6,8,10-11,16,18H,5,7,9,12-15H2,1-2H3,(H,25,29)/t18-,23+/m1/s1. The fraction of sp³-hybridized carbons (Fsp3) is 0.522. The van der Waals surface area contributed by atoms with E-state index in [1.54, 1.807) is 6.20 Å². The number of rotatable bonds is 4. The molecule has 3 aliphatic rings. The number of nitrogens with one attached hydrogen (secondary N) is 1. The van der Waals surface area contributed by atoms with Crippen LogP contribution < -0.4 is 10.2 Å². The minimum absolute atomic E-state index is 0.0342. The number of hydrogen-bond acceptors (Lipinski definition) is 5. The lowest BCUT2D eigenvalue weighted by Crippen LogP contribution is -2.56. The maximum atomic E-state index is 13.1. The van der Waals surface area contributed by atoms with Crippen LogP contribution in [0.1, 0.15) is 38.8 Å². The molecule has 2 fully saturated rings. The molecular weight excluding hydrogens is 394 g/mol. The fourth-order valence-electron chi connectivity index (χ4n) is 5.23. The van der Waals surface area contributed by atoms with Crippen molar-refractivity contribution in [1.82, 2.24) is 19.8 Å². The van der Waals surface area contributed by atoms with Crippen molar-refractivity contribution in [2.45, 2.75) is 50.8 Å². The highest BCUT2D eigenvalue weighted by atomic mass is 16.5. The maximum absolute atomic E-state index is 13.1. The highest BCUT2D eigenvalue weighted by molar-refractivity contribution is 5.85. The first-order valence-electron chi connectivity index (χ1n) is 11.1. The number of likely N-dealkylation sites (tertiary alicyclic amines) is 1. The van der Waals surface area contributed by atoms with Gasteiger partial charge in [0, 0.05) is 38.1 Å². The zero-order chi connectivity index (χ0) is 21.6. The van der Waals surface area contributed by atoms with Crippen LogP contribution in [0.3, 0.4) is 0 Å². The molecule has 2 aromatic heterocycles. The molecule has 5 rings (SSSR count). The Morgan fingerprint density at radius 2 is 2.19 bits per heavy atom. The first-order valence-corrected chi connectivity index (χ1v) is 11.1. The number of fused-ring (bicyclic) bond motifs is 4. The quantitative estimate of drug-likeness (QED) is 0.812. The van der Waals surface area contributed by atoms with Gasteiger partial charge in [0.2, 0.25) is 5.91 Å². The molecule has 2 aromatic rings. The highest BCUT2D eigenvalue weighted by Crippen LogP contribution is 2.47. The third kappa shape index (κ3) is 3.29. The van der Waals surface area contributed by atoms with Crippen molar-refractivity contribution < 1.29 is 14.3 Å². The van der Waals surface area contributed by atoms with Gasteiger partial charge in [-0.25, -0.2) is 4.98 Å². The number of aromatic nitrogens is 2. The predicted molar refractivity (Wildman–Crippen MR) is 116 cm³/mol. The van der Waals surface area contributed by atoms with Crippen LogP contribution in [0.15, 0.2) is 36.7 Å². The normalized spacial score (nSPS) is 24.5. The van der Waals surface area contributed by atoms with Crippen LogP contribution in [-0.4, -0.2) is 64.7 Å². The van der Waals surface area contributed by atoms with Gasteiger partial charge >= 0.3 is 0 Å². The highest BCUT2D eigenvalue weighted by Gasteiger charge is 2.52. The topological polar surface area (TPSA) is 79.7 Å². The molecule has 2 atom stereocenters. The first kappa shape index (κ1) is 20.1. The van der Waals surface area contributed by atoms with E-state index in [1.807, 2.05) is 43.1 Å².